The zero-order chi connectivity index (χ0) is 22.0. The van der Waals surface area contributed by atoms with Crippen LogP contribution in [0.1, 0.15) is 35.3 Å². The zero-order valence-corrected chi connectivity index (χ0v) is 18.3. The zero-order valence-electron chi connectivity index (χ0n) is 18.3. The fourth-order valence-electron chi connectivity index (χ4n) is 4.25. The molecule has 0 bridgehead atoms. The molecule has 0 fully saturated rings. The van der Waals surface area contributed by atoms with Gasteiger partial charge in [-0.25, -0.2) is 0 Å². The molecule has 2 aromatic carbocycles. The van der Waals surface area contributed by atoms with Gasteiger partial charge in [-0.2, -0.15) is 0 Å². The van der Waals surface area contributed by atoms with Crippen LogP contribution in [0, 0.1) is 0 Å². The smallest absolute Gasteiger partial charge is 0.180 e. The number of fused-ring (bicyclic) bond motifs is 1. The van der Waals surface area contributed by atoms with Crippen molar-refractivity contribution in [3.8, 4) is 0 Å². The third kappa shape index (κ3) is 4.50. The van der Waals surface area contributed by atoms with Gasteiger partial charge in [0.2, 0.25) is 0 Å². The summed E-state index contributed by atoms with van der Waals surface area (Å²) in [4.78, 5) is 8.42. The standard InChI is InChI=1S/C25H30N4O2/c1-28(2)19-6-8-20(9-7-19)29(3)21-10-11-22-17(14-21)4-5-18(22)15-27-24-16-26-13-12-23(24)25(30)31/h6-14,16,18,25,27,30-31H,4-5,15H2,1-3H3/t18-/m0/s1. The highest BCUT2D eigenvalue weighted by Gasteiger charge is 2.23. The van der Waals surface area contributed by atoms with E-state index in [1.54, 1.807) is 18.5 Å². The highest BCUT2D eigenvalue weighted by molar-refractivity contribution is 5.66. The van der Waals surface area contributed by atoms with Crippen LogP contribution in [-0.4, -0.2) is 42.9 Å². The predicted molar refractivity (Wildman–Crippen MR) is 126 cm³/mol. The van der Waals surface area contributed by atoms with Gasteiger partial charge >= 0.3 is 0 Å². The number of hydrogen-bond donors (Lipinski definition) is 3. The van der Waals surface area contributed by atoms with Crippen molar-refractivity contribution in [1.29, 1.82) is 0 Å². The van der Waals surface area contributed by atoms with Crippen LogP contribution >= 0.6 is 0 Å². The fraction of sp³-hybridized carbons (Fsp3) is 0.320. The van der Waals surface area contributed by atoms with Gasteiger partial charge in [0.05, 0.1) is 11.9 Å². The quantitative estimate of drug-likeness (QED) is 0.503. The highest BCUT2D eigenvalue weighted by Crippen LogP contribution is 2.37. The van der Waals surface area contributed by atoms with Gasteiger partial charge in [0, 0.05) is 62.4 Å². The number of benzene rings is 2. The van der Waals surface area contributed by atoms with Gasteiger partial charge in [0.15, 0.2) is 6.29 Å². The monoisotopic (exact) mass is 418 g/mol. The third-order valence-corrected chi connectivity index (χ3v) is 6.14. The van der Waals surface area contributed by atoms with Crippen LogP contribution in [0.5, 0.6) is 0 Å². The molecule has 6 heteroatoms. The minimum absolute atomic E-state index is 0.387. The van der Waals surface area contributed by atoms with E-state index in [9.17, 15) is 10.2 Å². The van der Waals surface area contributed by atoms with E-state index in [2.05, 4.69) is 69.6 Å². The molecule has 0 saturated carbocycles. The normalized spacial score (nSPS) is 15.1. The topological polar surface area (TPSA) is 71.9 Å². The van der Waals surface area contributed by atoms with Crippen molar-refractivity contribution in [2.45, 2.75) is 25.0 Å². The Morgan fingerprint density at radius 2 is 1.71 bits per heavy atom. The lowest BCUT2D eigenvalue weighted by Crippen LogP contribution is -2.13. The summed E-state index contributed by atoms with van der Waals surface area (Å²) in [5, 5.41) is 22.5. The van der Waals surface area contributed by atoms with E-state index in [0.717, 1.165) is 25.1 Å². The van der Waals surface area contributed by atoms with Crippen molar-refractivity contribution in [3.05, 3.63) is 77.6 Å². The number of pyridine rings is 1. The first-order valence-electron chi connectivity index (χ1n) is 10.6. The van der Waals surface area contributed by atoms with Crippen molar-refractivity contribution >= 4 is 22.7 Å². The summed E-state index contributed by atoms with van der Waals surface area (Å²) in [6.45, 7) is 0.736. The van der Waals surface area contributed by atoms with Crippen molar-refractivity contribution in [2.24, 2.45) is 0 Å². The van der Waals surface area contributed by atoms with Gasteiger partial charge in [-0.05, 0) is 66.4 Å². The number of aliphatic hydroxyl groups excluding tert-OH is 1. The molecule has 1 aliphatic rings. The Labute approximate surface area is 183 Å². The number of aromatic nitrogens is 1. The Morgan fingerprint density at radius 3 is 2.42 bits per heavy atom. The second kappa shape index (κ2) is 8.96. The van der Waals surface area contributed by atoms with E-state index in [4.69, 9.17) is 0 Å². The van der Waals surface area contributed by atoms with Gasteiger partial charge in [-0.1, -0.05) is 6.07 Å². The summed E-state index contributed by atoms with van der Waals surface area (Å²) in [6.07, 6.45) is 3.82. The minimum Gasteiger partial charge on any atom is -0.383 e. The summed E-state index contributed by atoms with van der Waals surface area (Å²) in [5.74, 6) is 0.387. The number of aliphatic hydroxyl groups is 2. The Hall–Kier alpha value is -3.09. The van der Waals surface area contributed by atoms with Crippen molar-refractivity contribution in [3.63, 3.8) is 0 Å². The number of nitrogens with one attached hydrogen (secondary N) is 1. The lowest BCUT2D eigenvalue weighted by atomic mass is 10.0. The van der Waals surface area contributed by atoms with Crippen LogP contribution in [0.4, 0.5) is 22.7 Å². The summed E-state index contributed by atoms with van der Waals surface area (Å²) in [5.41, 5.74) is 7.40. The third-order valence-electron chi connectivity index (χ3n) is 6.14. The molecule has 4 rings (SSSR count). The average molecular weight is 419 g/mol. The number of rotatable bonds is 7. The van der Waals surface area contributed by atoms with E-state index >= 15 is 0 Å². The number of hydrogen-bond acceptors (Lipinski definition) is 6. The molecule has 31 heavy (non-hydrogen) atoms. The van der Waals surface area contributed by atoms with E-state index < -0.39 is 6.29 Å². The maximum atomic E-state index is 9.55. The lowest BCUT2D eigenvalue weighted by Gasteiger charge is -2.22. The molecule has 1 aliphatic carbocycles. The number of anilines is 4. The molecule has 3 aromatic rings. The Morgan fingerprint density at radius 1 is 1.00 bits per heavy atom. The molecule has 0 aliphatic heterocycles. The highest BCUT2D eigenvalue weighted by atomic mass is 16.5. The summed E-state index contributed by atoms with van der Waals surface area (Å²) in [6, 6.07) is 16.9. The molecular formula is C25H30N4O2. The SMILES string of the molecule is CN(C)c1ccc(N(C)c2ccc3c(c2)CC[C@H]3CNc2cnccc2C(O)O)cc1. The molecule has 6 nitrogen and oxygen atoms in total. The summed E-state index contributed by atoms with van der Waals surface area (Å²) in [7, 11) is 6.20. The van der Waals surface area contributed by atoms with Gasteiger partial charge in [0.1, 0.15) is 0 Å². The summed E-state index contributed by atoms with van der Waals surface area (Å²) < 4.78 is 0. The minimum atomic E-state index is -1.51. The van der Waals surface area contributed by atoms with Crippen LogP contribution < -0.4 is 15.1 Å². The molecule has 0 spiro atoms. The van der Waals surface area contributed by atoms with Crippen LogP contribution in [0.25, 0.3) is 0 Å². The fourth-order valence-corrected chi connectivity index (χ4v) is 4.25. The molecule has 1 aromatic heterocycles. The first kappa shape index (κ1) is 21.2. The molecule has 1 atom stereocenters. The molecular weight excluding hydrogens is 388 g/mol. The average Bonchev–Trinajstić information content (AvgIpc) is 3.19. The van der Waals surface area contributed by atoms with Crippen LogP contribution in [0.3, 0.4) is 0 Å². The van der Waals surface area contributed by atoms with Gasteiger partial charge in [-0.3, -0.25) is 4.98 Å². The molecule has 0 amide bonds. The Kier molecular flexibility index (Phi) is 6.11. The first-order valence-corrected chi connectivity index (χ1v) is 10.6. The Bertz CT molecular complexity index is 1030. The largest absolute Gasteiger partial charge is 0.383 e. The predicted octanol–water partition coefficient (Wildman–Crippen LogP) is 4.04. The van der Waals surface area contributed by atoms with E-state index in [0.29, 0.717) is 17.2 Å². The number of nitrogens with zero attached hydrogens (tertiary/aromatic N) is 3. The molecule has 3 N–H and O–H groups in total. The maximum absolute atomic E-state index is 9.55. The van der Waals surface area contributed by atoms with Gasteiger partial charge in [-0.15, -0.1) is 0 Å². The van der Waals surface area contributed by atoms with Crippen LogP contribution in [0.15, 0.2) is 60.9 Å². The van der Waals surface area contributed by atoms with E-state index in [-0.39, 0.29) is 0 Å². The molecule has 1 heterocycles. The van der Waals surface area contributed by atoms with E-state index in [1.807, 2.05) is 14.1 Å². The first-order chi connectivity index (χ1) is 14.9. The van der Waals surface area contributed by atoms with Crippen molar-refractivity contribution in [1.82, 2.24) is 4.98 Å². The summed E-state index contributed by atoms with van der Waals surface area (Å²) >= 11 is 0. The van der Waals surface area contributed by atoms with Crippen molar-refractivity contribution < 1.29 is 10.2 Å². The molecule has 0 radical (unpaired) electrons. The molecule has 162 valence electrons. The van der Waals surface area contributed by atoms with E-state index in [1.165, 1.54) is 22.5 Å². The second-order valence-electron chi connectivity index (χ2n) is 8.31. The van der Waals surface area contributed by atoms with Gasteiger partial charge < -0.3 is 25.3 Å². The second-order valence-corrected chi connectivity index (χ2v) is 8.31. The molecule has 0 saturated heterocycles. The Balaban J connectivity index is 1.47. The maximum Gasteiger partial charge on any atom is 0.180 e. The van der Waals surface area contributed by atoms with Crippen molar-refractivity contribution in [2.75, 3.05) is 42.8 Å². The lowest BCUT2D eigenvalue weighted by molar-refractivity contribution is -0.0419. The van der Waals surface area contributed by atoms with Crippen LogP contribution in [0.2, 0.25) is 0 Å². The van der Waals surface area contributed by atoms with Crippen LogP contribution in [-0.2, 0) is 6.42 Å². The van der Waals surface area contributed by atoms with Gasteiger partial charge in [0.25, 0.3) is 0 Å². The number of aryl methyl sites for hydroxylation is 1. The molecule has 0 unspecified atom stereocenters.